The summed E-state index contributed by atoms with van der Waals surface area (Å²) < 4.78 is 5.69. The zero-order valence-electron chi connectivity index (χ0n) is 8.82. The minimum Gasteiger partial charge on any atom is -0.508 e. The summed E-state index contributed by atoms with van der Waals surface area (Å²) in [4.78, 5) is 12.1. The predicted octanol–water partition coefficient (Wildman–Crippen LogP) is 2.38. The SMILES string of the molecule is O=c1c2c(oc3cc(O)ccc13)CCCC2. The lowest BCUT2D eigenvalue weighted by Crippen LogP contribution is -2.16. The standard InChI is InChI=1S/C13H12O3/c14-8-5-6-10-12(7-8)16-11-4-2-1-3-9(11)13(10)15/h5-7,14H,1-4H2. The first-order valence-electron chi connectivity index (χ1n) is 5.53. The maximum absolute atomic E-state index is 12.1. The number of phenols is 1. The first-order valence-corrected chi connectivity index (χ1v) is 5.53. The van der Waals surface area contributed by atoms with Gasteiger partial charge >= 0.3 is 0 Å². The van der Waals surface area contributed by atoms with Crippen molar-refractivity contribution in [3.8, 4) is 5.75 Å². The van der Waals surface area contributed by atoms with Crippen LogP contribution in [-0.4, -0.2) is 5.11 Å². The third-order valence-corrected chi connectivity index (χ3v) is 3.13. The highest BCUT2D eigenvalue weighted by Gasteiger charge is 2.17. The Morgan fingerprint density at radius 2 is 2.00 bits per heavy atom. The average molecular weight is 216 g/mol. The Kier molecular flexibility index (Phi) is 1.99. The maximum atomic E-state index is 12.1. The number of benzene rings is 1. The average Bonchev–Trinajstić information content (AvgIpc) is 2.29. The molecule has 1 aromatic heterocycles. The molecule has 1 heterocycles. The molecule has 0 fully saturated rings. The van der Waals surface area contributed by atoms with E-state index >= 15 is 0 Å². The molecule has 1 N–H and O–H groups in total. The van der Waals surface area contributed by atoms with Gasteiger partial charge in [0.25, 0.3) is 0 Å². The molecule has 0 amide bonds. The van der Waals surface area contributed by atoms with Crippen molar-refractivity contribution in [3.05, 3.63) is 39.7 Å². The second kappa shape index (κ2) is 3.37. The number of phenolic OH excluding ortho intramolecular Hbond substituents is 1. The molecule has 0 aliphatic heterocycles. The molecule has 0 radical (unpaired) electrons. The van der Waals surface area contributed by atoms with Gasteiger partial charge in [0.15, 0.2) is 5.43 Å². The normalized spacial score (nSPS) is 15.0. The van der Waals surface area contributed by atoms with Crippen molar-refractivity contribution in [2.75, 3.05) is 0 Å². The quantitative estimate of drug-likeness (QED) is 0.735. The molecule has 2 aromatic rings. The van der Waals surface area contributed by atoms with Gasteiger partial charge in [-0.05, 0) is 31.4 Å². The van der Waals surface area contributed by atoms with Crippen molar-refractivity contribution in [1.29, 1.82) is 0 Å². The van der Waals surface area contributed by atoms with E-state index in [1.165, 1.54) is 12.1 Å². The van der Waals surface area contributed by atoms with Crippen molar-refractivity contribution in [2.24, 2.45) is 0 Å². The molecule has 0 atom stereocenters. The zero-order valence-corrected chi connectivity index (χ0v) is 8.82. The van der Waals surface area contributed by atoms with Crippen LogP contribution in [0.2, 0.25) is 0 Å². The Labute approximate surface area is 92.3 Å². The summed E-state index contributed by atoms with van der Waals surface area (Å²) in [5, 5.41) is 9.93. The highest BCUT2D eigenvalue weighted by molar-refractivity contribution is 5.78. The summed E-state index contributed by atoms with van der Waals surface area (Å²) in [5.41, 5.74) is 1.38. The molecule has 0 bridgehead atoms. The molecule has 0 unspecified atom stereocenters. The minimum absolute atomic E-state index is 0.0657. The molecule has 3 rings (SSSR count). The van der Waals surface area contributed by atoms with Crippen LogP contribution in [0, 0.1) is 0 Å². The number of aromatic hydroxyl groups is 1. The largest absolute Gasteiger partial charge is 0.508 e. The zero-order chi connectivity index (χ0) is 11.1. The Hall–Kier alpha value is -1.77. The highest BCUT2D eigenvalue weighted by atomic mass is 16.3. The second-order valence-electron chi connectivity index (χ2n) is 4.22. The van der Waals surface area contributed by atoms with Gasteiger partial charge in [0, 0.05) is 18.1 Å². The van der Waals surface area contributed by atoms with E-state index in [1.54, 1.807) is 6.07 Å². The number of aryl methyl sites for hydroxylation is 1. The molecular formula is C13H12O3. The smallest absolute Gasteiger partial charge is 0.196 e. The van der Waals surface area contributed by atoms with Crippen molar-refractivity contribution in [2.45, 2.75) is 25.7 Å². The third kappa shape index (κ3) is 1.32. The van der Waals surface area contributed by atoms with Crippen LogP contribution in [-0.2, 0) is 12.8 Å². The lowest BCUT2D eigenvalue weighted by molar-refractivity contribution is 0.466. The van der Waals surface area contributed by atoms with Crippen molar-refractivity contribution in [3.63, 3.8) is 0 Å². The second-order valence-corrected chi connectivity index (χ2v) is 4.22. The fourth-order valence-electron chi connectivity index (χ4n) is 2.31. The molecule has 1 aromatic carbocycles. The van der Waals surface area contributed by atoms with Crippen LogP contribution in [0.4, 0.5) is 0 Å². The lowest BCUT2D eigenvalue weighted by Gasteiger charge is -2.14. The van der Waals surface area contributed by atoms with E-state index in [0.29, 0.717) is 11.0 Å². The van der Waals surface area contributed by atoms with Crippen LogP contribution in [0.5, 0.6) is 5.75 Å². The summed E-state index contributed by atoms with van der Waals surface area (Å²) in [6.45, 7) is 0. The van der Waals surface area contributed by atoms with Crippen molar-refractivity contribution in [1.82, 2.24) is 0 Å². The molecular weight excluding hydrogens is 204 g/mol. The summed E-state index contributed by atoms with van der Waals surface area (Å²) in [6, 6.07) is 4.66. The van der Waals surface area contributed by atoms with Gasteiger partial charge in [-0.2, -0.15) is 0 Å². The van der Waals surface area contributed by atoms with Crippen LogP contribution in [0.25, 0.3) is 11.0 Å². The Balaban J connectivity index is 2.39. The van der Waals surface area contributed by atoms with Gasteiger partial charge in [-0.15, -0.1) is 0 Å². The lowest BCUT2D eigenvalue weighted by atomic mass is 9.96. The fraction of sp³-hybridized carbons (Fsp3) is 0.308. The molecule has 0 saturated carbocycles. The first-order chi connectivity index (χ1) is 7.75. The first kappa shape index (κ1) is 9.46. The van der Waals surface area contributed by atoms with Gasteiger partial charge in [-0.25, -0.2) is 0 Å². The summed E-state index contributed by atoms with van der Waals surface area (Å²) >= 11 is 0. The maximum Gasteiger partial charge on any atom is 0.196 e. The number of fused-ring (bicyclic) bond motifs is 2. The van der Waals surface area contributed by atoms with Crippen LogP contribution < -0.4 is 5.43 Å². The van der Waals surface area contributed by atoms with Crippen LogP contribution in [0.3, 0.4) is 0 Å². The Morgan fingerprint density at radius 3 is 2.88 bits per heavy atom. The van der Waals surface area contributed by atoms with Crippen LogP contribution in [0.1, 0.15) is 24.2 Å². The molecule has 0 saturated heterocycles. The van der Waals surface area contributed by atoms with E-state index in [9.17, 15) is 9.90 Å². The van der Waals surface area contributed by atoms with Gasteiger partial charge in [0.05, 0.1) is 5.39 Å². The summed E-state index contributed by atoms with van der Waals surface area (Å²) in [5.74, 6) is 0.931. The van der Waals surface area contributed by atoms with Crippen molar-refractivity contribution >= 4 is 11.0 Å². The van der Waals surface area contributed by atoms with Crippen molar-refractivity contribution < 1.29 is 9.52 Å². The van der Waals surface area contributed by atoms with E-state index in [2.05, 4.69) is 0 Å². The Morgan fingerprint density at radius 1 is 1.19 bits per heavy atom. The molecule has 0 spiro atoms. The summed E-state index contributed by atoms with van der Waals surface area (Å²) in [7, 11) is 0. The van der Waals surface area contributed by atoms with E-state index in [-0.39, 0.29) is 11.2 Å². The summed E-state index contributed by atoms with van der Waals surface area (Å²) in [6.07, 6.45) is 3.77. The van der Waals surface area contributed by atoms with Gasteiger partial charge < -0.3 is 9.52 Å². The third-order valence-electron chi connectivity index (χ3n) is 3.13. The molecule has 82 valence electrons. The fourth-order valence-corrected chi connectivity index (χ4v) is 2.31. The Bertz CT molecular complexity index is 610. The molecule has 3 nitrogen and oxygen atoms in total. The van der Waals surface area contributed by atoms with Crippen LogP contribution in [0.15, 0.2) is 27.4 Å². The van der Waals surface area contributed by atoms with Gasteiger partial charge in [0.1, 0.15) is 17.1 Å². The highest BCUT2D eigenvalue weighted by Crippen LogP contribution is 2.24. The number of hydrogen-bond acceptors (Lipinski definition) is 3. The van der Waals surface area contributed by atoms with Gasteiger partial charge in [0.2, 0.25) is 0 Å². The van der Waals surface area contributed by atoms with E-state index in [4.69, 9.17) is 4.42 Å². The molecule has 1 aliphatic rings. The van der Waals surface area contributed by atoms with E-state index in [1.807, 2.05) is 0 Å². The number of rotatable bonds is 0. The van der Waals surface area contributed by atoms with E-state index in [0.717, 1.165) is 37.0 Å². The van der Waals surface area contributed by atoms with E-state index < -0.39 is 0 Å². The predicted molar refractivity (Wildman–Crippen MR) is 60.8 cm³/mol. The molecule has 3 heteroatoms. The minimum atomic E-state index is 0.0657. The van der Waals surface area contributed by atoms with Gasteiger partial charge in [-0.1, -0.05) is 0 Å². The monoisotopic (exact) mass is 216 g/mol. The number of hydrogen-bond donors (Lipinski definition) is 1. The molecule has 16 heavy (non-hydrogen) atoms. The van der Waals surface area contributed by atoms with Crippen LogP contribution >= 0.6 is 0 Å². The topological polar surface area (TPSA) is 50.4 Å². The van der Waals surface area contributed by atoms with Gasteiger partial charge in [-0.3, -0.25) is 4.79 Å². The molecule has 1 aliphatic carbocycles.